The molecular formula is C18H18OS. The van der Waals surface area contributed by atoms with Crippen molar-refractivity contribution in [3.63, 3.8) is 0 Å². The highest BCUT2D eigenvalue weighted by atomic mass is 32.1. The average molecular weight is 282 g/mol. The minimum absolute atomic E-state index is 0.182. The quantitative estimate of drug-likeness (QED) is 0.594. The second kappa shape index (κ2) is 6.58. The Morgan fingerprint density at radius 2 is 1.80 bits per heavy atom. The molecule has 0 fully saturated rings. The Morgan fingerprint density at radius 3 is 2.45 bits per heavy atom. The molecule has 0 spiro atoms. The van der Waals surface area contributed by atoms with Gasteiger partial charge in [-0.1, -0.05) is 60.2 Å². The number of thiocarbonyl (C=S) groups is 1. The van der Waals surface area contributed by atoms with Crippen molar-refractivity contribution in [3.8, 4) is 0 Å². The maximum atomic E-state index is 12.2. The van der Waals surface area contributed by atoms with Crippen LogP contribution in [0.25, 0.3) is 0 Å². The van der Waals surface area contributed by atoms with Crippen LogP contribution in [0, 0.1) is 13.8 Å². The first-order chi connectivity index (χ1) is 9.60. The van der Waals surface area contributed by atoms with Gasteiger partial charge in [-0.3, -0.25) is 4.79 Å². The van der Waals surface area contributed by atoms with Crippen LogP contribution < -0.4 is 0 Å². The van der Waals surface area contributed by atoms with Gasteiger partial charge in [0.15, 0.2) is 5.78 Å². The van der Waals surface area contributed by atoms with E-state index in [9.17, 15) is 4.79 Å². The summed E-state index contributed by atoms with van der Waals surface area (Å²) in [5, 5.41) is 1.62. The van der Waals surface area contributed by atoms with Gasteiger partial charge in [-0.2, -0.15) is 0 Å². The molecule has 0 saturated carbocycles. The van der Waals surface area contributed by atoms with E-state index in [4.69, 9.17) is 12.2 Å². The molecule has 0 aromatic heterocycles. The molecule has 0 aliphatic heterocycles. The fourth-order valence-corrected chi connectivity index (χ4v) is 2.37. The van der Waals surface area contributed by atoms with Crippen LogP contribution in [0.1, 0.15) is 39.0 Å². The molecule has 0 heterocycles. The highest BCUT2D eigenvalue weighted by molar-refractivity contribution is 7.79. The average Bonchev–Trinajstić information content (AvgIpc) is 2.48. The molecule has 0 unspecified atom stereocenters. The summed E-state index contributed by atoms with van der Waals surface area (Å²) in [7, 11) is 0. The molecule has 0 atom stereocenters. The summed E-state index contributed by atoms with van der Waals surface area (Å²) in [4.78, 5) is 12.2. The smallest absolute Gasteiger partial charge is 0.163 e. The highest BCUT2D eigenvalue weighted by Crippen LogP contribution is 2.15. The Morgan fingerprint density at radius 1 is 1.10 bits per heavy atom. The van der Waals surface area contributed by atoms with Crippen LogP contribution in [0.5, 0.6) is 0 Å². The summed E-state index contributed by atoms with van der Waals surface area (Å²) < 4.78 is 0. The summed E-state index contributed by atoms with van der Waals surface area (Å²) in [6.45, 7) is 4.17. The van der Waals surface area contributed by atoms with E-state index in [1.54, 1.807) is 5.37 Å². The van der Waals surface area contributed by atoms with Crippen molar-refractivity contribution >= 4 is 23.4 Å². The summed E-state index contributed by atoms with van der Waals surface area (Å²) >= 11 is 4.86. The van der Waals surface area contributed by atoms with Gasteiger partial charge in [0, 0.05) is 17.4 Å². The molecule has 0 saturated heterocycles. The Labute approximate surface area is 125 Å². The monoisotopic (exact) mass is 282 g/mol. The minimum Gasteiger partial charge on any atom is -0.294 e. The number of hydrogen-bond donors (Lipinski definition) is 0. The summed E-state index contributed by atoms with van der Waals surface area (Å²) in [5.41, 5.74) is 5.47. The third-order valence-corrected chi connectivity index (χ3v) is 3.77. The zero-order chi connectivity index (χ0) is 14.5. The molecule has 1 nitrogen and oxygen atoms in total. The Hall–Kier alpha value is -1.80. The van der Waals surface area contributed by atoms with Gasteiger partial charge in [-0.05, 0) is 37.0 Å². The summed E-state index contributed by atoms with van der Waals surface area (Å²) in [6, 6.07) is 13.9. The van der Waals surface area contributed by atoms with Crippen molar-refractivity contribution in [3.05, 3.63) is 70.3 Å². The summed E-state index contributed by atoms with van der Waals surface area (Å²) in [5.74, 6) is 0.182. The fourth-order valence-electron chi connectivity index (χ4n) is 2.21. The van der Waals surface area contributed by atoms with E-state index in [2.05, 4.69) is 32.0 Å². The number of carbonyl (C=O) groups is 1. The molecule has 20 heavy (non-hydrogen) atoms. The fraction of sp³-hybridized carbons (Fsp3) is 0.222. The van der Waals surface area contributed by atoms with Crippen LogP contribution in [0.2, 0.25) is 0 Å². The van der Waals surface area contributed by atoms with Gasteiger partial charge in [0.05, 0.1) is 0 Å². The Balaban J connectivity index is 2.04. The molecule has 0 aliphatic rings. The van der Waals surface area contributed by atoms with Crippen molar-refractivity contribution < 1.29 is 4.79 Å². The van der Waals surface area contributed by atoms with Gasteiger partial charge in [-0.15, -0.1) is 0 Å². The van der Waals surface area contributed by atoms with E-state index in [0.29, 0.717) is 6.42 Å². The third-order valence-electron chi connectivity index (χ3n) is 3.49. The molecule has 2 aromatic rings. The van der Waals surface area contributed by atoms with Gasteiger partial charge in [0.2, 0.25) is 0 Å². The minimum atomic E-state index is 0.182. The lowest BCUT2D eigenvalue weighted by molar-refractivity contribution is 0.0983. The van der Waals surface area contributed by atoms with Crippen molar-refractivity contribution in [2.75, 3.05) is 0 Å². The molecule has 0 N–H and O–H groups in total. The molecule has 0 aliphatic carbocycles. The van der Waals surface area contributed by atoms with Crippen LogP contribution >= 0.6 is 12.2 Å². The number of carbonyl (C=O) groups excluding carboxylic acids is 1. The molecule has 2 aromatic carbocycles. The molecule has 0 bridgehead atoms. The van der Waals surface area contributed by atoms with Crippen LogP contribution in [0.15, 0.2) is 42.5 Å². The van der Waals surface area contributed by atoms with Crippen molar-refractivity contribution in [2.45, 2.75) is 26.7 Å². The predicted molar refractivity (Wildman–Crippen MR) is 87.8 cm³/mol. The highest BCUT2D eigenvalue weighted by Gasteiger charge is 2.07. The topological polar surface area (TPSA) is 17.1 Å². The second-order valence-electron chi connectivity index (χ2n) is 5.09. The number of rotatable bonds is 5. The van der Waals surface area contributed by atoms with Gasteiger partial charge >= 0.3 is 0 Å². The first-order valence-corrected chi connectivity index (χ1v) is 7.22. The first-order valence-electron chi connectivity index (χ1n) is 6.75. The Kier molecular flexibility index (Phi) is 4.80. The van der Waals surface area contributed by atoms with E-state index in [0.717, 1.165) is 17.5 Å². The Bertz CT molecular complexity index is 626. The van der Waals surface area contributed by atoms with E-state index >= 15 is 0 Å². The second-order valence-corrected chi connectivity index (χ2v) is 5.33. The van der Waals surface area contributed by atoms with E-state index in [1.807, 2.05) is 24.3 Å². The van der Waals surface area contributed by atoms with Crippen LogP contribution in [0.4, 0.5) is 0 Å². The number of Topliss-reactive ketones (excluding diaryl/α,β-unsaturated/α-hetero) is 1. The van der Waals surface area contributed by atoms with Crippen molar-refractivity contribution in [1.82, 2.24) is 0 Å². The van der Waals surface area contributed by atoms with Crippen LogP contribution in [-0.2, 0) is 6.42 Å². The molecule has 0 amide bonds. The molecule has 2 rings (SSSR count). The third kappa shape index (κ3) is 3.61. The maximum absolute atomic E-state index is 12.2. The van der Waals surface area contributed by atoms with E-state index < -0.39 is 0 Å². The molecule has 2 heteroatoms. The number of benzene rings is 2. The lowest BCUT2D eigenvalue weighted by Crippen LogP contribution is -2.02. The van der Waals surface area contributed by atoms with Crippen molar-refractivity contribution in [2.24, 2.45) is 0 Å². The SMILES string of the molecule is Cc1ccc(C)c(CCC(=O)c2ccc(C=S)cc2)c1. The van der Waals surface area contributed by atoms with E-state index in [1.165, 1.54) is 16.7 Å². The largest absolute Gasteiger partial charge is 0.294 e. The van der Waals surface area contributed by atoms with E-state index in [-0.39, 0.29) is 5.78 Å². The van der Waals surface area contributed by atoms with Crippen LogP contribution in [0.3, 0.4) is 0 Å². The van der Waals surface area contributed by atoms with Crippen LogP contribution in [-0.4, -0.2) is 11.2 Å². The lowest BCUT2D eigenvalue weighted by atomic mass is 9.98. The summed E-state index contributed by atoms with van der Waals surface area (Å²) in [6.07, 6.45) is 1.34. The predicted octanol–water partition coefficient (Wildman–Crippen LogP) is 4.47. The van der Waals surface area contributed by atoms with Gasteiger partial charge in [0.25, 0.3) is 0 Å². The first kappa shape index (κ1) is 14.6. The lowest BCUT2D eigenvalue weighted by Gasteiger charge is -2.07. The molecule has 0 radical (unpaired) electrons. The van der Waals surface area contributed by atoms with Gasteiger partial charge < -0.3 is 0 Å². The number of ketones is 1. The molecule has 102 valence electrons. The normalized spacial score (nSPS) is 10.3. The zero-order valence-corrected chi connectivity index (χ0v) is 12.7. The number of hydrogen-bond acceptors (Lipinski definition) is 2. The molecular weight excluding hydrogens is 264 g/mol. The van der Waals surface area contributed by atoms with Gasteiger partial charge in [0.1, 0.15) is 0 Å². The zero-order valence-electron chi connectivity index (χ0n) is 11.8. The standard InChI is InChI=1S/C18H18OS/c1-13-3-4-14(2)17(11-13)9-10-18(19)16-7-5-15(12-20)6-8-16/h3-8,11-12H,9-10H2,1-2H3. The van der Waals surface area contributed by atoms with Gasteiger partial charge in [-0.25, -0.2) is 0 Å². The number of aryl methyl sites for hydroxylation is 3. The maximum Gasteiger partial charge on any atom is 0.163 e. The van der Waals surface area contributed by atoms with Crippen molar-refractivity contribution in [1.29, 1.82) is 0 Å².